The third-order valence-electron chi connectivity index (χ3n) is 3.03. The van der Waals surface area contributed by atoms with Gasteiger partial charge in [-0.1, -0.05) is 12.8 Å². The van der Waals surface area contributed by atoms with Gasteiger partial charge in [0.1, 0.15) is 5.78 Å². The molecule has 0 heterocycles. The van der Waals surface area contributed by atoms with Crippen molar-refractivity contribution in [1.29, 1.82) is 0 Å². The Balaban J connectivity index is 1.73. The van der Waals surface area contributed by atoms with Crippen LogP contribution in [0.3, 0.4) is 0 Å². The van der Waals surface area contributed by atoms with E-state index < -0.39 is 0 Å². The van der Waals surface area contributed by atoms with E-state index in [0.717, 1.165) is 24.7 Å². The minimum atomic E-state index is 0.497. The van der Waals surface area contributed by atoms with Crippen LogP contribution in [0.4, 0.5) is 0 Å². The summed E-state index contributed by atoms with van der Waals surface area (Å²) >= 11 is 0. The molecule has 0 bridgehead atoms. The van der Waals surface area contributed by atoms with Gasteiger partial charge in [-0.15, -0.1) is 0 Å². The zero-order valence-electron chi connectivity index (χ0n) is 7.01. The van der Waals surface area contributed by atoms with Gasteiger partial charge >= 0.3 is 0 Å². The molecule has 0 radical (unpaired) electrons. The molecule has 0 spiro atoms. The average molecular weight is 152 g/mol. The number of carbonyl (C=O) groups excluding carboxylic acids is 1. The predicted octanol–water partition coefficient (Wildman–Crippen LogP) is 2.55. The van der Waals surface area contributed by atoms with E-state index in [1.54, 1.807) is 0 Å². The predicted molar refractivity (Wildman–Crippen MR) is 44.3 cm³/mol. The molecule has 0 aromatic rings. The number of ketones is 1. The molecule has 1 heteroatoms. The van der Waals surface area contributed by atoms with Gasteiger partial charge < -0.3 is 0 Å². The van der Waals surface area contributed by atoms with E-state index >= 15 is 0 Å². The van der Waals surface area contributed by atoms with Gasteiger partial charge in [0.25, 0.3) is 0 Å². The minimum Gasteiger partial charge on any atom is -0.300 e. The van der Waals surface area contributed by atoms with Crippen molar-refractivity contribution in [3.05, 3.63) is 0 Å². The van der Waals surface area contributed by atoms with Crippen LogP contribution in [0.2, 0.25) is 0 Å². The normalized spacial score (nSPS) is 27.5. The van der Waals surface area contributed by atoms with Crippen LogP contribution in [0, 0.1) is 11.8 Å². The van der Waals surface area contributed by atoms with E-state index in [9.17, 15) is 4.79 Å². The van der Waals surface area contributed by atoms with Gasteiger partial charge in [-0.2, -0.15) is 0 Å². The van der Waals surface area contributed by atoms with Gasteiger partial charge in [-0.05, 0) is 31.1 Å². The molecule has 2 aliphatic rings. The topological polar surface area (TPSA) is 17.1 Å². The van der Waals surface area contributed by atoms with E-state index in [1.165, 1.54) is 32.1 Å². The molecular formula is C10H16O. The highest BCUT2D eigenvalue weighted by atomic mass is 16.1. The molecule has 0 aromatic carbocycles. The largest absolute Gasteiger partial charge is 0.300 e. The van der Waals surface area contributed by atoms with Gasteiger partial charge in [0.15, 0.2) is 0 Å². The summed E-state index contributed by atoms with van der Waals surface area (Å²) in [5, 5.41) is 0. The molecule has 2 saturated carbocycles. The lowest BCUT2D eigenvalue weighted by Crippen LogP contribution is -2.14. The lowest BCUT2D eigenvalue weighted by atomic mass is 9.85. The van der Waals surface area contributed by atoms with Crippen LogP contribution < -0.4 is 0 Å². The van der Waals surface area contributed by atoms with Crippen molar-refractivity contribution in [3.8, 4) is 0 Å². The second-order valence-corrected chi connectivity index (χ2v) is 4.16. The van der Waals surface area contributed by atoms with E-state index in [4.69, 9.17) is 0 Å². The number of hydrogen-bond acceptors (Lipinski definition) is 1. The molecule has 0 aromatic heterocycles. The summed E-state index contributed by atoms with van der Waals surface area (Å²) in [6.07, 6.45) is 8.47. The first-order valence-electron chi connectivity index (χ1n) is 4.86. The lowest BCUT2D eigenvalue weighted by molar-refractivity contribution is -0.121. The summed E-state index contributed by atoms with van der Waals surface area (Å²) in [7, 11) is 0. The fourth-order valence-electron chi connectivity index (χ4n) is 2.06. The van der Waals surface area contributed by atoms with Crippen molar-refractivity contribution in [1.82, 2.24) is 0 Å². The fourth-order valence-corrected chi connectivity index (χ4v) is 2.06. The van der Waals surface area contributed by atoms with Gasteiger partial charge in [-0.25, -0.2) is 0 Å². The monoisotopic (exact) mass is 152 g/mol. The van der Waals surface area contributed by atoms with E-state index in [2.05, 4.69) is 0 Å². The Hall–Kier alpha value is -0.330. The molecule has 1 nitrogen and oxygen atoms in total. The maximum atomic E-state index is 10.9. The molecule has 2 fully saturated rings. The second kappa shape index (κ2) is 2.96. The Bertz CT molecular complexity index is 148. The van der Waals surface area contributed by atoms with Crippen molar-refractivity contribution in [2.24, 2.45) is 11.8 Å². The Labute approximate surface area is 68.2 Å². The first kappa shape index (κ1) is 7.33. The van der Waals surface area contributed by atoms with Crippen LogP contribution in [-0.4, -0.2) is 5.78 Å². The average Bonchev–Trinajstić information content (AvgIpc) is 2.78. The number of Topliss-reactive ketones (excluding diaryl/α,β-unsaturated/α-hetero) is 1. The maximum absolute atomic E-state index is 10.9. The van der Waals surface area contributed by atoms with Crippen molar-refractivity contribution >= 4 is 5.78 Å². The van der Waals surface area contributed by atoms with Gasteiger partial charge in [0, 0.05) is 12.8 Å². The third kappa shape index (κ3) is 2.05. The molecule has 2 aliphatic carbocycles. The summed E-state index contributed by atoms with van der Waals surface area (Å²) in [5.74, 6) is 2.45. The Morgan fingerprint density at radius 2 is 1.55 bits per heavy atom. The van der Waals surface area contributed by atoms with Crippen molar-refractivity contribution in [3.63, 3.8) is 0 Å². The van der Waals surface area contributed by atoms with Crippen LogP contribution in [0.5, 0.6) is 0 Å². The molecular weight excluding hydrogens is 136 g/mol. The molecule has 0 atom stereocenters. The van der Waals surface area contributed by atoms with E-state index in [0.29, 0.717) is 5.78 Å². The van der Waals surface area contributed by atoms with Crippen LogP contribution in [0.1, 0.15) is 44.9 Å². The zero-order valence-corrected chi connectivity index (χ0v) is 7.01. The smallest absolute Gasteiger partial charge is 0.132 e. The Kier molecular flexibility index (Phi) is 1.97. The number of rotatable bonds is 2. The molecule has 0 N–H and O–H groups in total. The SMILES string of the molecule is O=C1CCC(CC2CC2)CC1. The Morgan fingerprint density at radius 3 is 2.09 bits per heavy atom. The standard InChI is InChI=1S/C10H16O/c11-10-5-3-9(4-6-10)7-8-1-2-8/h8-9H,1-7H2. The fraction of sp³-hybridized carbons (Fsp3) is 0.900. The summed E-state index contributed by atoms with van der Waals surface area (Å²) < 4.78 is 0. The highest BCUT2D eigenvalue weighted by Crippen LogP contribution is 2.39. The zero-order chi connectivity index (χ0) is 7.68. The summed E-state index contributed by atoms with van der Waals surface area (Å²) in [6, 6.07) is 0. The maximum Gasteiger partial charge on any atom is 0.132 e. The minimum absolute atomic E-state index is 0.497. The van der Waals surface area contributed by atoms with Gasteiger partial charge in [0.05, 0.1) is 0 Å². The molecule has 0 unspecified atom stereocenters. The van der Waals surface area contributed by atoms with E-state index in [-0.39, 0.29) is 0 Å². The summed E-state index contributed by atoms with van der Waals surface area (Å²) in [4.78, 5) is 10.9. The molecule has 62 valence electrons. The second-order valence-electron chi connectivity index (χ2n) is 4.16. The van der Waals surface area contributed by atoms with Crippen LogP contribution in [0.25, 0.3) is 0 Å². The van der Waals surface area contributed by atoms with Crippen LogP contribution in [-0.2, 0) is 4.79 Å². The third-order valence-corrected chi connectivity index (χ3v) is 3.03. The molecule has 0 saturated heterocycles. The first-order valence-corrected chi connectivity index (χ1v) is 4.86. The molecule has 0 aliphatic heterocycles. The summed E-state index contributed by atoms with van der Waals surface area (Å²) in [5.41, 5.74) is 0. The summed E-state index contributed by atoms with van der Waals surface area (Å²) in [6.45, 7) is 0. The van der Waals surface area contributed by atoms with Crippen molar-refractivity contribution < 1.29 is 4.79 Å². The quantitative estimate of drug-likeness (QED) is 0.594. The van der Waals surface area contributed by atoms with Crippen molar-refractivity contribution in [2.75, 3.05) is 0 Å². The molecule has 2 rings (SSSR count). The highest BCUT2D eigenvalue weighted by molar-refractivity contribution is 5.78. The van der Waals surface area contributed by atoms with Gasteiger partial charge in [0.2, 0.25) is 0 Å². The number of carbonyl (C=O) groups is 1. The molecule has 0 amide bonds. The highest BCUT2D eigenvalue weighted by Gasteiger charge is 2.27. The van der Waals surface area contributed by atoms with Crippen molar-refractivity contribution in [2.45, 2.75) is 44.9 Å². The van der Waals surface area contributed by atoms with E-state index in [1.807, 2.05) is 0 Å². The van der Waals surface area contributed by atoms with Crippen LogP contribution in [0.15, 0.2) is 0 Å². The lowest BCUT2D eigenvalue weighted by Gasteiger charge is -2.20. The number of hydrogen-bond donors (Lipinski definition) is 0. The first-order chi connectivity index (χ1) is 5.34. The Morgan fingerprint density at radius 1 is 1.00 bits per heavy atom. The van der Waals surface area contributed by atoms with Gasteiger partial charge in [-0.3, -0.25) is 4.79 Å². The van der Waals surface area contributed by atoms with Crippen LogP contribution >= 0.6 is 0 Å². The molecule has 11 heavy (non-hydrogen) atoms.